The Hall–Kier alpha value is -3.89. The van der Waals surface area contributed by atoms with Crippen LogP contribution in [0.1, 0.15) is 19.0 Å². The molecule has 0 unspecified atom stereocenters. The van der Waals surface area contributed by atoms with Gasteiger partial charge in [-0.25, -0.2) is 4.79 Å². The van der Waals surface area contributed by atoms with E-state index < -0.39 is 16.7 Å². The second kappa shape index (κ2) is 9.54. The Morgan fingerprint density at radius 3 is 3.00 bits per heavy atom. The lowest BCUT2D eigenvalue weighted by Gasteiger charge is -2.23. The summed E-state index contributed by atoms with van der Waals surface area (Å²) in [7, 11) is 0. The Morgan fingerprint density at radius 1 is 1.40 bits per heavy atom. The van der Waals surface area contributed by atoms with Crippen LogP contribution >= 0.6 is 0 Å². The standard InChI is InChI=1S/C19H21N5O6/c1-2-28-19(25)23-12-13-15(7-6-8-21-13)29-9-4-3-5-10-30-16-11-14(23)17(24(26)27)18(20)22-16/h3-4,6-8,11H,2,5,9-10,12H2,1H3,(H2,20,22). The van der Waals surface area contributed by atoms with Crippen LogP contribution in [0.25, 0.3) is 0 Å². The normalized spacial score (nSPS) is 14.0. The fourth-order valence-corrected chi connectivity index (χ4v) is 2.82. The lowest BCUT2D eigenvalue weighted by Crippen LogP contribution is -2.32. The number of rotatable bonds is 2. The molecule has 158 valence electrons. The van der Waals surface area contributed by atoms with Crippen LogP contribution in [0.15, 0.2) is 36.5 Å². The summed E-state index contributed by atoms with van der Waals surface area (Å²) in [5.41, 5.74) is 5.59. The summed E-state index contributed by atoms with van der Waals surface area (Å²) in [6.45, 7) is 2.10. The van der Waals surface area contributed by atoms with Crippen LogP contribution in [0.2, 0.25) is 0 Å². The highest BCUT2D eigenvalue weighted by atomic mass is 16.6. The molecule has 0 spiro atoms. The summed E-state index contributed by atoms with van der Waals surface area (Å²) in [5.74, 6) is 0.127. The summed E-state index contributed by atoms with van der Waals surface area (Å²) in [5, 5.41) is 11.7. The third-order valence-electron chi connectivity index (χ3n) is 4.13. The van der Waals surface area contributed by atoms with E-state index in [1.54, 1.807) is 19.1 Å². The second-order valence-electron chi connectivity index (χ2n) is 6.12. The number of ether oxygens (including phenoxy) is 3. The lowest BCUT2D eigenvalue weighted by molar-refractivity contribution is -0.383. The van der Waals surface area contributed by atoms with Gasteiger partial charge in [-0.1, -0.05) is 12.2 Å². The van der Waals surface area contributed by atoms with Crippen LogP contribution in [-0.4, -0.2) is 40.8 Å². The smallest absolute Gasteiger partial charge is 0.414 e. The van der Waals surface area contributed by atoms with Gasteiger partial charge in [0.2, 0.25) is 11.7 Å². The zero-order chi connectivity index (χ0) is 21.5. The van der Waals surface area contributed by atoms with Crippen molar-refractivity contribution >= 4 is 23.3 Å². The van der Waals surface area contributed by atoms with E-state index in [9.17, 15) is 14.9 Å². The number of nitrogens with zero attached hydrogens (tertiary/aromatic N) is 4. The number of amides is 1. The first-order chi connectivity index (χ1) is 14.5. The first kappa shape index (κ1) is 20.8. The Bertz CT molecular complexity index is 964. The number of anilines is 2. The maximum Gasteiger partial charge on any atom is 0.414 e. The van der Waals surface area contributed by atoms with Crippen molar-refractivity contribution in [3.05, 3.63) is 52.4 Å². The minimum absolute atomic E-state index is 0.0605. The molecule has 30 heavy (non-hydrogen) atoms. The van der Waals surface area contributed by atoms with Crippen LogP contribution in [0.3, 0.4) is 0 Å². The van der Waals surface area contributed by atoms with Crippen molar-refractivity contribution < 1.29 is 23.9 Å². The number of fused-ring (bicyclic) bond motifs is 3. The molecule has 0 aromatic carbocycles. The van der Waals surface area contributed by atoms with E-state index in [1.807, 2.05) is 12.2 Å². The summed E-state index contributed by atoms with van der Waals surface area (Å²) in [6, 6.07) is 4.69. The van der Waals surface area contributed by atoms with Gasteiger partial charge in [0.05, 0.1) is 24.7 Å². The SMILES string of the molecule is CCOC(=O)N1Cc2ncccc2OCC=CCCOc2cc1c([N+](=O)[O-])c(N)n2. The zero-order valence-electron chi connectivity index (χ0n) is 16.3. The van der Waals surface area contributed by atoms with E-state index >= 15 is 0 Å². The molecule has 11 nitrogen and oxygen atoms in total. The predicted octanol–water partition coefficient (Wildman–Crippen LogP) is 2.85. The third-order valence-corrected chi connectivity index (χ3v) is 4.13. The second-order valence-corrected chi connectivity index (χ2v) is 6.12. The van der Waals surface area contributed by atoms with E-state index in [2.05, 4.69) is 9.97 Å². The van der Waals surface area contributed by atoms with Crippen LogP contribution in [0.4, 0.5) is 22.0 Å². The average molecular weight is 415 g/mol. The minimum atomic E-state index is -0.805. The van der Waals surface area contributed by atoms with E-state index in [1.165, 1.54) is 12.3 Å². The maximum absolute atomic E-state index is 12.7. The van der Waals surface area contributed by atoms with Gasteiger partial charge in [0.1, 0.15) is 23.7 Å². The molecule has 0 saturated carbocycles. The van der Waals surface area contributed by atoms with Crippen molar-refractivity contribution in [2.24, 2.45) is 0 Å². The van der Waals surface area contributed by atoms with Gasteiger partial charge >= 0.3 is 11.8 Å². The number of nitrogen functional groups attached to an aromatic ring is 1. The molecule has 0 aliphatic carbocycles. The Balaban J connectivity index is 2.17. The largest absolute Gasteiger partial charge is 0.488 e. The average Bonchev–Trinajstić information content (AvgIpc) is 2.71. The maximum atomic E-state index is 12.7. The van der Waals surface area contributed by atoms with Crippen molar-refractivity contribution in [1.29, 1.82) is 0 Å². The van der Waals surface area contributed by atoms with Gasteiger partial charge in [0.15, 0.2) is 0 Å². The zero-order valence-corrected chi connectivity index (χ0v) is 16.3. The number of nitro groups is 1. The molecule has 1 aliphatic rings. The molecule has 0 saturated heterocycles. The predicted molar refractivity (Wildman–Crippen MR) is 107 cm³/mol. The molecule has 2 aromatic heterocycles. The number of carbonyl (C=O) groups excluding carboxylic acids is 1. The molecule has 2 bridgehead atoms. The van der Waals surface area contributed by atoms with Crippen molar-refractivity contribution in [1.82, 2.24) is 9.97 Å². The first-order valence-corrected chi connectivity index (χ1v) is 9.25. The van der Waals surface area contributed by atoms with E-state index in [0.717, 1.165) is 4.90 Å². The van der Waals surface area contributed by atoms with Crippen LogP contribution in [-0.2, 0) is 11.3 Å². The molecule has 1 amide bonds. The number of hydrogen-bond donors (Lipinski definition) is 1. The van der Waals surface area contributed by atoms with E-state index in [0.29, 0.717) is 17.9 Å². The highest BCUT2D eigenvalue weighted by Crippen LogP contribution is 2.37. The summed E-state index contributed by atoms with van der Waals surface area (Å²) in [4.78, 5) is 33.0. The molecule has 0 radical (unpaired) electrons. The van der Waals surface area contributed by atoms with Gasteiger partial charge in [-0.3, -0.25) is 20.0 Å². The third kappa shape index (κ3) is 4.74. The van der Waals surface area contributed by atoms with Gasteiger partial charge in [-0.2, -0.15) is 4.98 Å². The summed E-state index contributed by atoms with van der Waals surface area (Å²) in [6.07, 6.45) is 4.99. The van der Waals surface area contributed by atoms with Crippen molar-refractivity contribution in [2.75, 3.05) is 30.5 Å². The van der Waals surface area contributed by atoms with Gasteiger partial charge in [0.25, 0.3) is 0 Å². The fraction of sp³-hybridized carbons (Fsp3) is 0.316. The van der Waals surface area contributed by atoms with Gasteiger partial charge < -0.3 is 19.9 Å². The molecule has 0 atom stereocenters. The van der Waals surface area contributed by atoms with Crippen LogP contribution < -0.4 is 20.1 Å². The Morgan fingerprint density at radius 2 is 2.23 bits per heavy atom. The molecule has 2 N–H and O–H groups in total. The van der Waals surface area contributed by atoms with Crippen molar-refractivity contribution in [3.8, 4) is 11.6 Å². The summed E-state index contributed by atoms with van der Waals surface area (Å²) >= 11 is 0. The highest BCUT2D eigenvalue weighted by molar-refractivity contribution is 5.92. The Kier molecular flexibility index (Phi) is 6.63. The van der Waals surface area contributed by atoms with Gasteiger partial charge in [-0.05, 0) is 25.5 Å². The molecular weight excluding hydrogens is 394 g/mol. The van der Waals surface area contributed by atoms with Crippen molar-refractivity contribution in [3.63, 3.8) is 0 Å². The molecule has 3 rings (SSSR count). The molecule has 11 heteroatoms. The van der Waals surface area contributed by atoms with Gasteiger partial charge in [-0.15, -0.1) is 0 Å². The number of pyridine rings is 2. The molecular formula is C19H21N5O6. The number of hydrogen-bond acceptors (Lipinski definition) is 9. The highest BCUT2D eigenvalue weighted by Gasteiger charge is 2.31. The fourth-order valence-electron chi connectivity index (χ4n) is 2.82. The lowest BCUT2D eigenvalue weighted by atomic mass is 10.2. The minimum Gasteiger partial charge on any atom is -0.488 e. The quantitative estimate of drug-likeness (QED) is 0.445. The molecule has 2 aromatic rings. The van der Waals surface area contributed by atoms with Crippen LogP contribution in [0.5, 0.6) is 11.6 Å². The number of carbonyl (C=O) groups is 1. The summed E-state index contributed by atoms with van der Waals surface area (Å²) < 4.78 is 16.4. The number of nitrogens with two attached hydrogens (primary N) is 1. The first-order valence-electron chi connectivity index (χ1n) is 9.25. The molecule has 3 heterocycles. The van der Waals surface area contributed by atoms with E-state index in [-0.39, 0.29) is 43.8 Å². The van der Waals surface area contributed by atoms with Crippen molar-refractivity contribution in [2.45, 2.75) is 19.9 Å². The monoisotopic (exact) mass is 415 g/mol. The van der Waals surface area contributed by atoms with E-state index in [4.69, 9.17) is 19.9 Å². The van der Waals surface area contributed by atoms with Crippen LogP contribution in [0, 0.1) is 10.1 Å². The Labute approximate surface area is 172 Å². The number of aromatic nitrogens is 2. The molecule has 0 fully saturated rings. The topological polar surface area (TPSA) is 143 Å². The molecule has 1 aliphatic heterocycles. The van der Waals surface area contributed by atoms with Gasteiger partial charge in [0, 0.05) is 12.3 Å².